The summed E-state index contributed by atoms with van der Waals surface area (Å²) in [5.74, 6) is 2.28. The van der Waals surface area contributed by atoms with Crippen LogP contribution in [0.3, 0.4) is 0 Å². The SMILES string of the molecule is CC12CCC(CC1=NN=C1SC(=Cc3ccc(-c4cc(Cl)cc(Cl)c4)o3)C(=O)N1Cc1ccco1)C2(C)C. The van der Waals surface area contributed by atoms with Crippen molar-refractivity contribution in [2.75, 3.05) is 0 Å². The molecule has 2 atom stereocenters. The minimum Gasteiger partial charge on any atom is -0.467 e. The molecule has 38 heavy (non-hydrogen) atoms. The number of hydrogen-bond acceptors (Lipinski definition) is 6. The van der Waals surface area contributed by atoms with E-state index < -0.39 is 0 Å². The van der Waals surface area contributed by atoms with Crippen LogP contribution in [-0.4, -0.2) is 21.7 Å². The number of carbonyl (C=O) groups excluding carboxylic acids is 1. The number of fused-ring (bicyclic) bond motifs is 2. The average Bonchev–Trinajstić information content (AvgIpc) is 3.66. The number of amides is 1. The van der Waals surface area contributed by atoms with Crippen molar-refractivity contribution in [1.29, 1.82) is 0 Å². The van der Waals surface area contributed by atoms with Crippen LogP contribution in [0, 0.1) is 16.7 Å². The first-order valence-corrected chi connectivity index (χ1v) is 14.2. The fourth-order valence-corrected chi connectivity index (χ4v) is 7.31. The summed E-state index contributed by atoms with van der Waals surface area (Å²) in [7, 11) is 0. The summed E-state index contributed by atoms with van der Waals surface area (Å²) in [6, 6.07) is 12.5. The molecule has 6 rings (SSSR count). The van der Waals surface area contributed by atoms with Gasteiger partial charge in [0.25, 0.3) is 5.91 Å². The Morgan fingerprint density at radius 2 is 1.92 bits per heavy atom. The largest absolute Gasteiger partial charge is 0.467 e. The van der Waals surface area contributed by atoms with Gasteiger partial charge in [-0.3, -0.25) is 9.69 Å². The zero-order chi connectivity index (χ0) is 26.7. The van der Waals surface area contributed by atoms with Gasteiger partial charge in [0.1, 0.15) is 17.3 Å². The molecule has 196 valence electrons. The van der Waals surface area contributed by atoms with Crippen LogP contribution in [0.1, 0.15) is 51.6 Å². The molecular weight excluding hydrogens is 541 g/mol. The smallest absolute Gasteiger partial charge is 0.267 e. The fourth-order valence-electron chi connectivity index (χ4n) is 5.87. The second kappa shape index (κ2) is 9.47. The van der Waals surface area contributed by atoms with Gasteiger partial charge in [-0.1, -0.05) is 44.0 Å². The monoisotopic (exact) mass is 567 g/mol. The Bertz CT molecular complexity index is 1480. The third-order valence-corrected chi connectivity index (χ3v) is 10.0. The lowest BCUT2D eigenvalue weighted by Gasteiger charge is -2.34. The maximum Gasteiger partial charge on any atom is 0.267 e. The van der Waals surface area contributed by atoms with E-state index in [4.69, 9.17) is 37.1 Å². The molecule has 2 aromatic heterocycles. The molecule has 1 aromatic carbocycles. The van der Waals surface area contributed by atoms with Crippen LogP contribution in [0.15, 0.2) is 72.7 Å². The van der Waals surface area contributed by atoms with Gasteiger partial charge in [-0.2, -0.15) is 5.10 Å². The van der Waals surface area contributed by atoms with Crippen LogP contribution in [0.4, 0.5) is 0 Å². The molecule has 3 fully saturated rings. The number of rotatable bonds is 5. The number of hydrogen-bond donors (Lipinski definition) is 0. The summed E-state index contributed by atoms with van der Waals surface area (Å²) in [5, 5.41) is 11.0. The van der Waals surface area contributed by atoms with Gasteiger partial charge < -0.3 is 8.83 Å². The number of halogens is 2. The standard InChI is InChI=1S/C29H27Cl2N3O3S/c1-28(2)18-8-9-29(28,3)25(13-18)32-33-27-34(16-22-5-4-10-36-22)26(35)24(38-27)15-21-6-7-23(37-21)17-11-19(30)14-20(31)12-17/h4-7,10-12,14-15,18H,8-9,13,16H2,1-3H3. The minimum atomic E-state index is -0.173. The topological polar surface area (TPSA) is 71.3 Å². The van der Waals surface area contributed by atoms with E-state index in [1.54, 1.807) is 35.4 Å². The van der Waals surface area contributed by atoms with Crippen LogP contribution in [0.25, 0.3) is 17.4 Å². The molecule has 0 spiro atoms. The summed E-state index contributed by atoms with van der Waals surface area (Å²) in [4.78, 5) is 15.6. The number of carbonyl (C=O) groups is 1. The van der Waals surface area contributed by atoms with E-state index in [1.807, 2.05) is 24.3 Å². The van der Waals surface area contributed by atoms with Gasteiger partial charge >= 0.3 is 0 Å². The highest BCUT2D eigenvalue weighted by Crippen LogP contribution is 2.64. The molecule has 0 radical (unpaired) electrons. The molecule has 3 aromatic rings. The Morgan fingerprint density at radius 1 is 1.13 bits per heavy atom. The van der Waals surface area contributed by atoms with Crippen LogP contribution in [0.2, 0.25) is 10.0 Å². The third-order valence-electron chi connectivity index (χ3n) is 8.60. The van der Waals surface area contributed by atoms with Gasteiger partial charge in [-0.15, -0.1) is 5.10 Å². The Kier molecular flexibility index (Phi) is 6.36. The fraction of sp³-hybridized carbons (Fsp3) is 0.345. The normalized spacial score (nSPS) is 27.5. The second-order valence-electron chi connectivity index (χ2n) is 10.9. The molecule has 1 saturated heterocycles. The summed E-state index contributed by atoms with van der Waals surface area (Å²) < 4.78 is 11.5. The molecule has 3 heterocycles. The summed E-state index contributed by atoms with van der Waals surface area (Å²) >= 11 is 13.6. The van der Waals surface area contributed by atoms with Crippen molar-refractivity contribution in [1.82, 2.24) is 4.90 Å². The van der Waals surface area contributed by atoms with Gasteiger partial charge in [0, 0.05) is 32.8 Å². The molecule has 6 nitrogen and oxygen atoms in total. The van der Waals surface area contributed by atoms with E-state index in [9.17, 15) is 4.79 Å². The van der Waals surface area contributed by atoms with E-state index in [2.05, 4.69) is 25.9 Å². The molecule has 2 aliphatic carbocycles. The lowest BCUT2D eigenvalue weighted by molar-refractivity contribution is -0.122. The number of benzene rings is 1. The number of amidine groups is 1. The van der Waals surface area contributed by atoms with Crippen LogP contribution in [0.5, 0.6) is 0 Å². The van der Waals surface area contributed by atoms with Crippen LogP contribution in [-0.2, 0) is 11.3 Å². The molecule has 2 unspecified atom stereocenters. The zero-order valence-electron chi connectivity index (χ0n) is 21.3. The van der Waals surface area contributed by atoms with Crippen molar-refractivity contribution < 1.29 is 13.6 Å². The first-order chi connectivity index (χ1) is 18.1. The molecule has 0 N–H and O–H groups in total. The van der Waals surface area contributed by atoms with Crippen molar-refractivity contribution in [3.05, 3.63) is 75.2 Å². The quantitative estimate of drug-likeness (QED) is 0.229. The van der Waals surface area contributed by atoms with Crippen LogP contribution >= 0.6 is 35.0 Å². The predicted molar refractivity (Wildman–Crippen MR) is 153 cm³/mol. The molecular formula is C29H27Cl2N3O3S. The van der Waals surface area contributed by atoms with Crippen molar-refractivity contribution >= 4 is 57.8 Å². The Balaban J connectivity index is 1.31. The molecule has 1 amide bonds. The van der Waals surface area contributed by atoms with Crippen LogP contribution < -0.4 is 0 Å². The number of thioether (sulfide) groups is 1. The van der Waals surface area contributed by atoms with Gasteiger partial charge in [-0.05, 0) is 84.8 Å². The van der Waals surface area contributed by atoms with Crippen molar-refractivity contribution in [2.45, 2.75) is 46.6 Å². The minimum absolute atomic E-state index is 0.0350. The molecule has 2 bridgehead atoms. The average molecular weight is 569 g/mol. The predicted octanol–water partition coefficient (Wildman–Crippen LogP) is 8.52. The van der Waals surface area contributed by atoms with E-state index in [-0.39, 0.29) is 23.3 Å². The van der Waals surface area contributed by atoms with Gasteiger partial charge in [0.15, 0.2) is 5.17 Å². The van der Waals surface area contributed by atoms with Gasteiger partial charge in [0.2, 0.25) is 0 Å². The highest BCUT2D eigenvalue weighted by Gasteiger charge is 2.60. The lowest BCUT2D eigenvalue weighted by atomic mass is 9.70. The Hall–Kier alpha value is -2.74. The summed E-state index contributed by atoms with van der Waals surface area (Å²) in [6.45, 7) is 7.26. The van der Waals surface area contributed by atoms with Crippen molar-refractivity contribution in [3.63, 3.8) is 0 Å². The third kappa shape index (κ3) is 4.34. The zero-order valence-corrected chi connectivity index (χ0v) is 23.7. The van der Waals surface area contributed by atoms with E-state index in [0.717, 1.165) is 24.1 Å². The molecule has 1 aliphatic heterocycles. The first-order valence-electron chi connectivity index (χ1n) is 12.6. The number of furan rings is 2. The Morgan fingerprint density at radius 3 is 2.58 bits per heavy atom. The summed E-state index contributed by atoms with van der Waals surface area (Å²) in [6.07, 6.45) is 6.65. The molecule has 3 aliphatic rings. The summed E-state index contributed by atoms with van der Waals surface area (Å²) in [5.41, 5.74) is 2.13. The molecule has 2 saturated carbocycles. The van der Waals surface area contributed by atoms with E-state index in [0.29, 0.717) is 43.3 Å². The van der Waals surface area contributed by atoms with Crippen molar-refractivity contribution in [2.24, 2.45) is 27.0 Å². The molecule has 9 heteroatoms. The maximum absolute atomic E-state index is 13.5. The maximum atomic E-state index is 13.5. The highest BCUT2D eigenvalue weighted by molar-refractivity contribution is 8.18. The number of nitrogens with zero attached hydrogens (tertiary/aromatic N) is 3. The highest BCUT2D eigenvalue weighted by atomic mass is 35.5. The lowest BCUT2D eigenvalue weighted by Crippen LogP contribution is -2.32. The van der Waals surface area contributed by atoms with Gasteiger partial charge in [-0.25, -0.2) is 0 Å². The van der Waals surface area contributed by atoms with Crippen molar-refractivity contribution in [3.8, 4) is 11.3 Å². The second-order valence-corrected chi connectivity index (χ2v) is 12.7. The van der Waals surface area contributed by atoms with E-state index >= 15 is 0 Å². The Labute approximate surface area is 235 Å². The van der Waals surface area contributed by atoms with Gasteiger partial charge in [0.05, 0.1) is 17.7 Å². The van der Waals surface area contributed by atoms with E-state index in [1.165, 1.54) is 18.2 Å². The first kappa shape index (κ1) is 25.5.